The highest BCUT2D eigenvalue weighted by Crippen LogP contribution is 2.23. The van der Waals surface area contributed by atoms with E-state index in [1.165, 1.54) is 12.1 Å². The molecule has 0 spiro atoms. The Morgan fingerprint density at radius 2 is 2.26 bits per heavy atom. The minimum Gasteiger partial charge on any atom is -0.396 e. The summed E-state index contributed by atoms with van der Waals surface area (Å²) >= 11 is 5.68. The fourth-order valence-corrected chi connectivity index (χ4v) is 1.81. The van der Waals surface area contributed by atoms with Crippen LogP contribution in [-0.2, 0) is 0 Å². The fourth-order valence-electron chi connectivity index (χ4n) is 1.65. The largest absolute Gasteiger partial charge is 0.396 e. The van der Waals surface area contributed by atoms with Gasteiger partial charge in [-0.1, -0.05) is 18.5 Å². The summed E-state index contributed by atoms with van der Waals surface area (Å²) in [6.07, 6.45) is 1.04. The molecule has 0 radical (unpaired) electrons. The van der Waals surface area contributed by atoms with Crippen LogP contribution in [0, 0.1) is 10.1 Å². The lowest BCUT2D eigenvalue weighted by Gasteiger charge is -2.15. The maximum atomic E-state index is 12.0. The Bertz CT molecular complexity index is 479. The number of amides is 1. The van der Waals surface area contributed by atoms with Gasteiger partial charge in [0.1, 0.15) is 5.56 Å². The van der Waals surface area contributed by atoms with Crippen molar-refractivity contribution < 1.29 is 14.8 Å². The first-order chi connectivity index (χ1) is 8.99. The Morgan fingerprint density at radius 3 is 2.79 bits per heavy atom. The molecule has 1 atom stereocenters. The van der Waals surface area contributed by atoms with Crippen LogP contribution in [0.25, 0.3) is 0 Å². The van der Waals surface area contributed by atoms with Crippen molar-refractivity contribution in [2.45, 2.75) is 25.8 Å². The molecule has 104 valence electrons. The number of carbonyl (C=O) groups excluding carboxylic acids is 1. The van der Waals surface area contributed by atoms with Gasteiger partial charge in [-0.15, -0.1) is 0 Å². The second-order valence-electron chi connectivity index (χ2n) is 4.01. The van der Waals surface area contributed by atoms with E-state index in [4.69, 9.17) is 16.7 Å². The number of aliphatic hydroxyl groups is 1. The highest BCUT2D eigenvalue weighted by molar-refractivity contribution is 6.31. The molecule has 0 saturated carbocycles. The van der Waals surface area contributed by atoms with Crippen LogP contribution in [0.4, 0.5) is 5.69 Å². The van der Waals surface area contributed by atoms with Crippen LogP contribution >= 0.6 is 11.6 Å². The third kappa shape index (κ3) is 4.18. The summed E-state index contributed by atoms with van der Waals surface area (Å²) in [4.78, 5) is 22.2. The molecule has 0 bridgehead atoms. The Hall–Kier alpha value is -1.66. The topological polar surface area (TPSA) is 92.5 Å². The smallest absolute Gasteiger partial charge is 0.283 e. The first-order valence-corrected chi connectivity index (χ1v) is 6.23. The van der Waals surface area contributed by atoms with Gasteiger partial charge in [0.15, 0.2) is 0 Å². The Morgan fingerprint density at radius 1 is 1.58 bits per heavy atom. The van der Waals surface area contributed by atoms with Gasteiger partial charge in [0.05, 0.1) is 4.92 Å². The second-order valence-corrected chi connectivity index (χ2v) is 4.45. The fraction of sp³-hybridized carbons (Fsp3) is 0.417. The molecule has 7 heteroatoms. The van der Waals surface area contributed by atoms with Gasteiger partial charge in [-0.2, -0.15) is 0 Å². The molecular weight excluding hydrogens is 272 g/mol. The van der Waals surface area contributed by atoms with E-state index in [-0.39, 0.29) is 28.9 Å². The monoisotopic (exact) mass is 286 g/mol. The Balaban J connectivity index is 2.96. The van der Waals surface area contributed by atoms with Gasteiger partial charge in [-0.25, -0.2) is 0 Å². The highest BCUT2D eigenvalue weighted by Gasteiger charge is 2.22. The maximum Gasteiger partial charge on any atom is 0.283 e. The number of hydrogen-bond acceptors (Lipinski definition) is 4. The standard InChI is InChI=1S/C12H15ClN2O4/c1-2-9(5-6-16)14-12(17)10-4-3-8(13)7-11(10)15(18)19/h3-4,7,9,16H,2,5-6H2,1H3,(H,14,17). The van der Waals surface area contributed by atoms with Gasteiger partial charge < -0.3 is 10.4 Å². The third-order valence-corrected chi connectivity index (χ3v) is 2.94. The molecule has 1 aromatic carbocycles. The van der Waals surface area contributed by atoms with E-state index in [9.17, 15) is 14.9 Å². The molecule has 1 rings (SSSR count). The maximum absolute atomic E-state index is 12.0. The van der Waals surface area contributed by atoms with Crippen molar-refractivity contribution in [3.8, 4) is 0 Å². The summed E-state index contributed by atoms with van der Waals surface area (Å²) in [7, 11) is 0. The number of nitrogens with one attached hydrogen (secondary N) is 1. The number of nitro benzene ring substituents is 1. The molecular formula is C12H15ClN2O4. The third-order valence-electron chi connectivity index (χ3n) is 2.71. The lowest BCUT2D eigenvalue weighted by Crippen LogP contribution is -2.35. The zero-order valence-corrected chi connectivity index (χ0v) is 11.2. The average Bonchev–Trinajstić information content (AvgIpc) is 2.37. The van der Waals surface area contributed by atoms with Crippen LogP contribution < -0.4 is 5.32 Å². The SMILES string of the molecule is CCC(CCO)NC(=O)c1ccc(Cl)cc1[N+](=O)[O-]. The minimum absolute atomic E-state index is 0.0363. The van der Waals surface area contributed by atoms with E-state index >= 15 is 0 Å². The lowest BCUT2D eigenvalue weighted by atomic mass is 10.1. The summed E-state index contributed by atoms with van der Waals surface area (Å²) < 4.78 is 0. The Labute approximate surface area is 115 Å². The first-order valence-electron chi connectivity index (χ1n) is 5.85. The Kier molecular flexibility index (Phi) is 5.72. The lowest BCUT2D eigenvalue weighted by molar-refractivity contribution is -0.385. The quantitative estimate of drug-likeness (QED) is 0.619. The molecule has 0 heterocycles. The number of aliphatic hydroxyl groups excluding tert-OH is 1. The van der Waals surface area contributed by atoms with Gasteiger partial charge in [0, 0.05) is 23.7 Å². The number of benzene rings is 1. The van der Waals surface area contributed by atoms with Gasteiger partial charge in [0.25, 0.3) is 11.6 Å². The van der Waals surface area contributed by atoms with Crippen LogP contribution in [0.3, 0.4) is 0 Å². The average molecular weight is 287 g/mol. The predicted octanol–water partition coefficient (Wildman–Crippen LogP) is 2.14. The van der Waals surface area contributed by atoms with Gasteiger partial charge >= 0.3 is 0 Å². The molecule has 0 fully saturated rings. The second kappa shape index (κ2) is 7.06. The number of carbonyl (C=O) groups is 1. The van der Waals surface area contributed by atoms with E-state index in [0.717, 1.165) is 6.07 Å². The molecule has 0 aromatic heterocycles. The molecule has 6 nitrogen and oxygen atoms in total. The van der Waals surface area contributed by atoms with Crippen LogP contribution in [0.5, 0.6) is 0 Å². The minimum atomic E-state index is -0.645. The van der Waals surface area contributed by atoms with E-state index in [2.05, 4.69) is 5.32 Å². The molecule has 0 aliphatic heterocycles. The van der Waals surface area contributed by atoms with Crippen molar-refractivity contribution in [3.63, 3.8) is 0 Å². The van der Waals surface area contributed by atoms with Crippen molar-refractivity contribution in [1.82, 2.24) is 5.32 Å². The van der Waals surface area contributed by atoms with E-state index < -0.39 is 10.8 Å². The summed E-state index contributed by atoms with van der Waals surface area (Å²) in [5.74, 6) is -0.538. The summed E-state index contributed by atoms with van der Waals surface area (Å²) in [6.45, 7) is 1.80. The van der Waals surface area contributed by atoms with Crippen molar-refractivity contribution >= 4 is 23.2 Å². The van der Waals surface area contributed by atoms with Gasteiger partial charge in [-0.05, 0) is 25.0 Å². The molecule has 1 amide bonds. The molecule has 0 aliphatic rings. The van der Waals surface area contributed by atoms with Crippen LogP contribution in [0.2, 0.25) is 5.02 Å². The van der Waals surface area contributed by atoms with Gasteiger partial charge in [-0.3, -0.25) is 14.9 Å². The molecule has 1 aromatic rings. The first kappa shape index (κ1) is 15.4. The van der Waals surface area contributed by atoms with Crippen LogP contribution in [0.15, 0.2) is 18.2 Å². The molecule has 2 N–H and O–H groups in total. The number of nitrogens with zero attached hydrogens (tertiary/aromatic N) is 1. The number of halogens is 1. The summed E-state index contributed by atoms with van der Waals surface area (Å²) in [5, 5.41) is 22.6. The van der Waals surface area contributed by atoms with Crippen molar-refractivity contribution in [2.75, 3.05) is 6.61 Å². The molecule has 0 aliphatic carbocycles. The highest BCUT2D eigenvalue weighted by atomic mass is 35.5. The van der Waals surface area contributed by atoms with Crippen LogP contribution in [0.1, 0.15) is 30.1 Å². The van der Waals surface area contributed by atoms with Crippen LogP contribution in [-0.4, -0.2) is 28.6 Å². The molecule has 0 saturated heterocycles. The van der Waals surface area contributed by atoms with Crippen molar-refractivity contribution in [2.24, 2.45) is 0 Å². The summed E-state index contributed by atoms with van der Waals surface area (Å²) in [5.41, 5.74) is -0.366. The molecule has 19 heavy (non-hydrogen) atoms. The molecule has 1 unspecified atom stereocenters. The number of rotatable bonds is 6. The predicted molar refractivity (Wildman–Crippen MR) is 71.4 cm³/mol. The zero-order valence-electron chi connectivity index (χ0n) is 10.4. The van der Waals surface area contributed by atoms with E-state index in [1.807, 2.05) is 6.92 Å². The summed E-state index contributed by atoms with van der Waals surface area (Å²) in [6, 6.07) is 3.68. The van der Waals surface area contributed by atoms with Crippen molar-refractivity contribution in [1.29, 1.82) is 0 Å². The number of hydrogen-bond donors (Lipinski definition) is 2. The van der Waals surface area contributed by atoms with E-state index in [1.54, 1.807) is 0 Å². The van der Waals surface area contributed by atoms with E-state index in [0.29, 0.717) is 12.8 Å². The zero-order chi connectivity index (χ0) is 14.4. The number of nitro groups is 1. The normalized spacial score (nSPS) is 11.9. The van der Waals surface area contributed by atoms with Gasteiger partial charge in [0.2, 0.25) is 0 Å². The van der Waals surface area contributed by atoms with Crippen molar-refractivity contribution in [3.05, 3.63) is 38.9 Å².